The smallest absolute Gasteiger partial charge is 0.249 e. The van der Waals surface area contributed by atoms with Crippen LogP contribution < -0.4 is 15.0 Å². The summed E-state index contributed by atoms with van der Waals surface area (Å²) in [5.74, 6) is 1.18. The third-order valence-corrected chi connectivity index (χ3v) is 3.67. The van der Waals surface area contributed by atoms with Gasteiger partial charge in [0.05, 0.1) is 12.8 Å². The lowest BCUT2D eigenvalue weighted by Crippen LogP contribution is -2.34. The number of nitrogens with one attached hydrogen (secondary N) is 1. The highest BCUT2D eigenvalue weighted by Gasteiger charge is 2.34. The van der Waals surface area contributed by atoms with E-state index in [1.807, 2.05) is 31.2 Å². The number of aromatic nitrogens is 2. The maximum absolute atomic E-state index is 12.6. The van der Waals surface area contributed by atoms with Crippen LogP contribution in [0.2, 0.25) is 0 Å². The van der Waals surface area contributed by atoms with Crippen molar-refractivity contribution >= 4 is 17.5 Å². The van der Waals surface area contributed by atoms with Crippen LogP contribution in [0.15, 0.2) is 36.7 Å². The Balaban J connectivity index is 1.76. The summed E-state index contributed by atoms with van der Waals surface area (Å²) in [6.07, 6.45) is 4.16. The molecule has 114 valence electrons. The number of hydrogen-bond donors (Lipinski definition) is 1. The van der Waals surface area contributed by atoms with Crippen molar-refractivity contribution in [3.8, 4) is 5.75 Å². The molecule has 1 atom stereocenters. The Morgan fingerprint density at radius 3 is 2.73 bits per heavy atom. The van der Waals surface area contributed by atoms with Crippen molar-refractivity contribution in [1.29, 1.82) is 0 Å². The predicted molar refractivity (Wildman–Crippen MR) is 84.1 cm³/mol. The van der Waals surface area contributed by atoms with Gasteiger partial charge in [-0.1, -0.05) is 12.1 Å². The van der Waals surface area contributed by atoms with Gasteiger partial charge in [-0.05, 0) is 31.0 Å². The van der Waals surface area contributed by atoms with Gasteiger partial charge in [0, 0.05) is 18.9 Å². The molecule has 2 aromatic rings. The summed E-state index contributed by atoms with van der Waals surface area (Å²) in [6.45, 7) is 2.57. The molecule has 3 rings (SSSR count). The molecular weight excluding hydrogens is 280 g/mol. The van der Waals surface area contributed by atoms with Gasteiger partial charge in [0.1, 0.15) is 11.8 Å². The van der Waals surface area contributed by atoms with Crippen molar-refractivity contribution in [2.24, 2.45) is 0 Å². The largest absolute Gasteiger partial charge is 0.495 e. The van der Waals surface area contributed by atoms with E-state index in [-0.39, 0.29) is 11.9 Å². The molecule has 1 N–H and O–H groups in total. The molecule has 6 heteroatoms. The lowest BCUT2D eigenvalue weighted by molar-refractivity contribution is -0.117. The number of aryl methyl sites for hydroxylation is 1. The fourth-order valence-electron chi connectivity index (χ4n) is 2.53. The van der Waals surface area contributed by atoms with Crippen molar-refractivity contribution in [1.82, 2.24) is 9.97 Å². The highest BCUT2D eigenvalue weighted by atomic mass is 16.5. The molecule has 22 heavy (non-hydrogen) atoms. The first-order valence-electron chi connectivity index (χ1n) is 7.18. The number of carbonyl (C=O) groups is 1. The van der Waals surface area contributed by atoms with E-state index in [4.69, 9.17) is 4.74 Å². The standard InChI is InChI=1S/C16H18N4O2/c1-11-9-17-16(18-10-11)19-12-7-8-20(15(12)21)13-5-3-4-6-14(13)22-2/h3-6,9-10,12H,7-8H2,1-2H3,(H,17,18,19). The minimum atomic E-state index is -0.312. The summed E-state index contributed by atoms with van der Waals surface area (Å²) in [7, 11) is 1.61. The molecule has 1 aliphatic heterocycles. The first-order chi connectivity index (χ1) is 10.7. The highest BCUT2D eigenvalue weighted by molar-refractivity contribution is 6.01. The van der Waals surface area contributed by atoms with Gasteiger partial charge in [-0.15, -0.1) is 0 Å². The summed E-state index contributed by atoms with van der Waals surface area (Å²) in [4.78, 5) is 22.7. The van der Waals surface area contributed by atoms with Crippen molar-refractivity contribution in [3.05, 3.63) is 42.2 Å². The van der Waals surface area contributed by atoms with Crippen molar-refractivity contribution in [2.75, 3.05) is 23.9 Å². The summed E-state index contributed by atoms with van der Waals surface area (Å²) < 4.78 is 5.33. The fourth-order valence-corrected chi connectivity index (χ4v) is 2.53. The van der Waals surface area contributed by atoms with Crippen molar-refractivity contribution in [2.45, 2.75) is 19.4 Å². The Kier molecular flexibility index (Phi) is 3.91. The molecule has 6 nitrogen and oxygen atoms in total. The van der Waals surface area contributed by atoms with Gasteiger partial charge >= 0.3 is 0 Å². The minimum absolute atomic E-state index is 0.00803. The van der Waals surface area contributed by atoms with Crippen molar-refractivity contribution in [3.63, 3.8) is 0 Å². The molecular formula is C16H18N4O2. The summed E-state index contributed by atoms with van der Waals surface area (Å²) in [6, 6.07) is 7.22. The maximum Gasteiger partial charge on any atom is 0.249 e. The van der Waals surface area contributed by atoms with Crippen LogP contribution in [-0.2, 0) is 4.79 Å². The minimum Gasteiger partial charge on any atom is -0.495 e. The molecule has 2 heterocycles. The second kappa shape index (κ2) is 6.01. The van der Waals surface area contributed by atoms with Gasteiger partial charge < -0.3 is 15.0 Å². The van der Waals surface area contributed by atoms with E-state index in [1.165, 1.54) is 0 Å². The number of rotatable bonds is 4. The Morgan fingerprint density at radius 1 is 1.27 bits per heavy atom. The van der Waals surface area contributed by atoms with Crippen molar-refractivity contribution < 1.29 is 9.53 Å². The normalized spacial score (nSPS) is 17.6. The van der Waals surface area contributed by atoms with Gasteiger partial charge in [0.25, 0.3) is 0 Å². The number of methoxy groups -OCH3 is 1. The number of amides is 1. The zero-order valence-corrected chi connectivity index (χ0v) is 12.6. The lowest BCUT2D eigenvalue weighted by Gasteiger charge is -2.19. The summed E-state index contributed by atoms with van der Waals surface area (Å²) in [5.41, 5.74) is 1.78. The third kappa shape index (κ3) is 2.72. The maximum atomic E-state index is 12.6. The third-order valence-electron chi connectivity index (χ3n) is 3.67. The van der Waals surface area contributed by atoms with Crippen LogP contribution in [0.3, 0.4) is 0 Å². The average molecular weight is 298 g/mol. The first-order valence-corrected chi connectivity index (χ1v) is 7.18. The second-order valence-corrected chi connectivity index (χ2v) is 5.23. The van der Waals surface area contributed by atoms with E-state index in [2.05, 4.69) is 15.3 Å². The molecule has 0 bridgehead atoms. The Hall–Kier alpha value is -2.63. The van der Waals surface area contributed by atoms with Gasteiger partial charge in [0.15, 0.2) is 0 Å². The SMILES string of the molecule is COc1ccccc1N1CCC(Nc2ncc(C)cn2)C1=O. The lowest BCUT2D eigenvalue weighted by atomic mass is 10.2. The second-order valence-electron chi connectivity index (χ2n) is 5.23. The number of para-hydroxylation sites is 2. The topological polar surface area (TPSA) is 67.3 Å². The van der Waals surface area contributed by atoms with E-state index < -0.39 is 0 Å². The van der Waals surface area contributed by atoms with Crippen LogP contribution in [0.5, 0.6) is 5.75 Å². The predicted octanol–water partition coefficient (Wildman–Crippen LogP) is 2.01. The van der Waals surface area contributed by atoms with Crippen LogP contribution in [0.4, 0.5) is 11.6 Å². The number of ether oxygens (including phenoxy) is 1. The molecule has 0 spiro atoms. The Bertz CT molecular complexity index is 672. The first kappa shape index (κ1) is 14.3. The van der Waals surface area contributed by atoms with E-state index >= 15 is 0 Å². The molecule has 1 fully saturated rings. The van der Waals surface area contributed by atoms with Crippen LogP contribution in [0.1, 0.15) is 12.0 Å². The van der Waals surface area contributed by atoms with E-state index in [0.717, 1.165) is 11.3 Å². The molecule has 1 aromatic carbocycles. The molecule has 1 aromatic heterocycles. The molecule has 0 radical (unpaired) electrons. The van der Waals surface area contributed by atoms with Gasteiger partial charge in [0.2, 0.25) is 11.9 Å². The Labute approximate surface area is 129 Å². The van der Waals surface area contributed by atoms with Crippen LogP contribution >= 0.6 is 0 Å². The zero-order valence-electron chi connectivity index (χ0n) is 12.6. The summed E-state index contributed by atoms with van der Waals surface area (Å²) in [5, 5.41) is 3.10. The molecule has 1 aliphatic rings. The van der Waals surface area contributed by atoms with Gasteiger partial charge in [-0.25, -0.2) is 9.97 Å². The van der Waals surface area contributed by atoms with E-state index in [9.17, 15) is 4.79 Å². The fraction of sp³-hybridized carbons (Fsp3) is 0.312. The number of benzene rings is 1. The number of carbonyl (C=O) groups excluding carboxylic acids is 1. The number of hydrogen-bond acceptors (Lipinski definition) is 5. The molecule has 1 amide bonds. The van der Waals surface area contributed by atoms with Crippen LogP contribution in [0.25, 0.3) is 0 Å². The van der Waals surface area contributed by atoms with E-state index in [0.29, 0.717) is 24.7 Å². The van der Waals surface area contributed by atoms with Crippen LogP contribution in [0, 0.1) is 6.92 Å². The zero-order chi connectivity index (χ0) is 15.5. The van der Waals surface area contributed by atoms with Crippen LogP contribution in [-0.4, -0.2) is 35.6 Å². The molecule has 0 saturated carbocycles. The molecule has 0 aliphatic carbocycles. The number of nitrogens with zero attached hydrogens (tertiary/aromatic N) is 3. The van der Waals surface area contributed by atoms with Gasteiger partial charge in [-0.2, -0.15) is 0 Å². The van der Waals surface area contributed by atoms with Gasteiger partial charge in [-0.3, -0.25) is 4.79 Å². The monoisotopic (exact) mass is 298 g/mol. The summed E-state index contributed by atoms with van der Waals surface area (Å²) >= 11 is 0. The molecule has 1 unspecified atom stereocenters. The quantitative estimate of drug-likeness (QED) is 0.935. The van der Waals surface area contributed by atoms with E-state index in [1.54, 1.807) is 24.4 Å². The Morgan fingerprint density at radius 2 is 2.00 bits per heavy atom. The average Bonchev–Trinajstić information content (AvgIpc) is 2.90. The highest BCUT2D eigenvalue weighted by Crippen LogP contribution is 2.31. The number of anilines is 2. The molecule has 1 saturated heterocycles.